The Morgan fingerprint density at radius 1 is 1.31 bits per heavy atom. The van der Waals surface area contributed by atoms with Gasteiger partial charge in [-0.3, -0.25) is 9.59 Å². The van der Waals surface area contributed by atoms with Gasteiger partial charge in [0.05, 0.1) is 10.5 Å². The summed E-state index contributed by atoms with van der Waals surface area (Å²) in [6, 6.07) is 7.44. The normalized spacial score (nSPS) is 15.3. The number of carbonyl (C=O) groups is 2. The highest BCUT2D eigenvalue weighted by molar-refractivity contribution is 7.89. The third-order valence-corrected chi connectivity index (χ3v) is 5.66. The molecule has 1 aliphatic heterocycles. The van der Waals surface area contributed by atoms with Gasteiger partial charge in [-0.25, -0.2) is 8.42 Å². The molecule has 9 heteroatoms. The Labute approximate surface area is 152 Å². The molecular formula is C17H21N3O5S. The molecule has 0 atom stereocenters. The van der Waals surface area contributed by atoms with Gasteiger partial charge in [-0.15, -0.1) is 0 Å². The molecule has 1 fully saturated rings. The van der Waals surface area contributed by atoms with Gasteiger partial charge in [0.25, 0.3) is 5.91 Å². The van der Waals surface area contributed by atoms with E-state index in [4.69, 9.17) is 10.00 Å². The molecule has 8 nitrogen and oxygen atoms in total. The second kappa shape index (κ2) is 8.78. The molecule has 0 saturated carbocycles. The minimum absolute atomic E-state index is 0.0251. The molecule has 0 radical (unpaired) electrons. The minimum atomic E-state index is -4.03. The van der Waals surface area contributed by atoms with E-state index < -0.39 is 29.1 Å². The van der Waals surface area contributed by atoms with Crippen LogP contribution in [-0.2, 0) is 24.3 Å². The number of sulfonamides is 1. The summed E-state index contributed by atoms with van der Waals surface area (Å²) in [5.74, 6) is -0.572. The molecule has 1 N–H and O–H groups in total. The van der Waals surface area contributed by atoms with Crippen molar-refractivity contribution in [1.82, 2.24) is 9.62 Å². The summed E-state index contributed by atoms with van der Waals surface area (Å²) in [4.78, 5) is 25.1. The standard InChI is InChI=1S/C17H21N3O5S/c1-13-6-8-20(9-7-13)16(21)12-25-17(22)11-19-26(23,24)15-5-3-2-4-14(15)10-18/h2-5,13,19H,6-9,11-12H2,1H3. The fraction of sp³-hybridized carbons (Fsp3) is 0.471. The van der Waals surface area contributed by atoms with Gasteiger partial charge in [-0.2, -0.15) is 9.98 Å². The topological polar surface area (TPSA) is 117 Å². The Kier molecular flexibility index (Phi) is 6.71. The molecule has 26 heavy (non-hydrogen) atoms. The number of hydrogen-bond acceptors (Lipinski definition) is 6. The van der Waals surface area contributed by atoms with Crippen molar-refractivity contribution in [2.45, 2.75) is 24.7 Å². The van der Waals surface area contributed by atoms with Gasteiger partial charge in [-0.05, 0) is 30.9 Å². The van der Waals surface area contributed by atoms with Crippen LogP contribution >= 0.6 is 0 Å². The number of piperidine rings is 1. The van der Waals surface area contributed by atoms with Gasteiger partial charge in [0, 0.05) is 13.1 Å². The van der Waals surface area contributed by atoms with E-state index in [1.807, 2.05) is 0 Å². The van der Waals surface area contributed by atoms with Gasteiger partial charge >= 0.3 is 5.97 Å². The summed E-state index contributed by atoms with van der Waals surface area (Å²) in [7, 11) is -4.03. The number of hydrogen-bond donors (Lipinski definition) is 1. The van der Waals surface area contributed by atoms with Gasteiger partial charge in [0.2, 0.25) is 10.0 Å². The lowest BCUT2D eigenvalue weighted by atomic mass is 9.99. The van der Waals surface area contributed by atoms with E-state index in [0.717, 1.165) is 12.8 Å². The van der Waals surface area contributed by atoms with E-state index in [1.165, 1.54) is 18.2 Å². The molecule has 0 aliphatic carbocycles. The summed E-state index contributed by atoms with van der Waals surface area (Å²) >= 11 is 0. The summed E-state index contributed by atoms with van der Waals surface area (Å²) in [5, 5.41) is 8.97. The van der Waals surface area contributed by atoms with Crippen LogP contribution < -0.4 is 4.72 Å². The van der Waals surface area contributed by atoms with Crippen LogP contribution in [0.2, 0.25) is 0 Å². The van der Waals surface area contributed by atoms with Gasteiger partial charge in [0.15, 0.2) is 6.61 Å². The molecule has 0 bridgehead atoms. The third kappa shape index (κ3) is 5.28. The van der Waals surface area contributed by atoms with Crippen LogP contribution in [0.1, 0.15) is 25.3 Å². The molecule has 0 spiro atoms. The maximum Gasteiger partial charge on any atom is 0.321 e. The van der Waals surface area contributed by atoms with Gasteiger partial charge in [0.1, 0.15) is 12.6 Å². The molecular weight excluding hydrogens is 358 g/mol. The molecule has 1 amide bonds. The lowest BCUT2D eigenvalue weighted by Crippen LogP contribution is -2.41. The molecule has 1 aromatic carbocycles. The number of rotatable bonds is 6. The monoisotopic (exact) mass is 379 g/mol. The molecule has 0 unspecified atom stereocenters. The highest BCUT2D eigenvalue weighted by Crippen LogP contribution is 2.16. The Balaban J connectivity index is 1.83. The first kappa shape index (κ1) is 19.9. The zero-order valence-electron chi connectivity index (χ0n) is 14.5. The predicted molar refractivity (Wildman–Crippen MR) is 92.3 cm³/mol. The summed E-state index contributed by atoms with van der Waals surface area (Å²) in [6.45, 7) is 2.36. The van der Waals surface area contributed by atoms with E-state index in [9.17, 15) is 18.0 Å². The number of nitrogens with zero attached hydrogens (tertiary/aromatic N) is 2. The fourth-order valence-electron chi connectivity index (χ4n) is 2.57. The number of ether oxygens (including phenoxy) is 1. The SMILES string of the molecule is CC1CCN(C(=O)COC(=O)CNS(=O)(=O)c2ccccc2C#N)CC1. The molecule has 1 aromatic rings. The Hall–Kier alpha value is -2.44. The number of esters is 1. The van der Waals surface area contributed by atoms with E-state index in [2.05, 4.69) is 11.6 Å². The fourth-order valence-corrected chi connectivity index (χ4v) is 3.69. The molecule has 1 heterocycles. The van der Waals surface area contributed by atoms with Crippen molar-refractivity contribution >= 4 is 21.9 Å². The van der Waals surface area contributed by atoms with E-state index in [-0.39, 0.29) is 16.4 Å². The molecule has 2 rings (SSSR count). The predicted octanol–water partition coefficient (Wildman–Crippen LogP) is 0.638. The number of benzene rings is 1. The first-order valence-corrected chi connectivity index (χ1v) is 9.74. The highest BCUT2D eigenvalue weighted by Gasteiger charge is 2.22. The number of amides is 1. The zero-order chi connectivity index (χ0) is 19.2. The van der Waals surface area contributed by atoms with E-state index >= 15 is 0 Å². The Morgan fingerprint density at radius 2 is 1.96 bits per heavy atom. The van der Waals surface area contributed by atoms with Gasteiger partial charge < -0.3 is 9.64 Å². The lowest BCUT2D eigenvalue weighted by Gasteiger charge is -2.30. The maximum atomic E-state index is 12.2. The first-order valence-electron chi connectivity index (χ1n) is 8.25. The van der Waals surface area contributed by atoms with Crippen molar-refractivity contribution in [3.05, 3.63) is 29.8 Å². The smallest absolute Gasteiger partial charge is 0.321 e. The van der Waals surface area contributed by atoms with Crippen LogP contribution in [0.5, 0.6) is 0 Å². The van der Waals surface area contributed by atoms with Crippen LogP contribution in [0.3, 0.4) is 0 Å². The average Bonchev–Trinajstić information content (AvgIpc) is 2.65. The third-order valence-electron chi connectivity index (χ3n) is 4.20. The summed E-state index contributed by atoms with van der Waals surface area (Å²) in [5.41, 5.74) is -0.0251. The van der Waals surface area contributed by atoms with Crippen LogP contribution in [-0.4, -0.2) is 51.4 Å². The number of likely N-dealkylation sites (tertiary alicyclic amines) is 1. The molecule has 1 aliphatic rings. The largest absolute Gasteiger partial charge is 0.455 e. The first-order chi connectivity index (χ1) is 12.3. The van der Waals surface area contributed by atoms with E-state index in [0.29, 0.717) is 19.0 Å². The number of carbonyl (C=O) groups excluding carboxylic acids is 2. The van der Waals surface area contributed by atoms with Crippen LogP contribution in [0.15, 0.2) is 29.2 Å². The lowest BCUT2D eigenvalue weighted by molar-refractivity contribution is -0.151. The second-order valence-electron chi connectivity index (χ2n) is 6.16. The van der Waals surface area contributed by atoms with Crippen molar-refractivity contribution in [3.8, 4) is 6.07 Å². The van der Waals surface area contributed by atoms with Crippen molar-refractivity contribution < 1.29 is 22.7 Å². The molecule has 0 aromatic heterocycles. The van der Waals surface area contributed by atoms with Crippen molar-refractivity contribution in [2.24, 2.45) is 5.92 Å². The van der Waals surface area contributed by atoms with Crippen LogP contribution in [0.4, 0.5) is 0 Å². The summed E-state index contributed by atoms with van der Waals surface area (Å²) in [6.07, 6.45) is 1.83. The van der Waals surface area contributed by atoms with Crippen molar-refractivity contribution in [2.75, 3.05) is 26.2 Å². The van der Waals surface area contributed by atoms with Gasteiger partial charge in [-0.1, -0.05) is 19.1 Å². The molecule has 140 valence electrons. The Bertz CT molecular complexity index is 808. The van der Waals surface area contributed by atoms with Crippen molar-refractivity contribution in [1.29, 1.82) is 5.26 Å². The minimum Gasteiger partial charge on any atom is -0.455 e. The number of nitrogens with one attached hydrogen (secondary N) is 1. The second-order valence-corrected chi connectivity index (χ2v) is 7.89. The summed E-state index contributed by atoms with van der Waals surface area (Å²) < 4.78 is 31.3. The number of nitriles is 1. The maximum absolute atomic E-state index is 12.2. The van der Waals surface area contributed by atoms with E-state index in [1.54, 1.807) is 17.0 Å². The van der Waals surface area contributed by atoms with Crippen LogP contribution in [0.25, 0.3) is 0 Å². The Morgan fingerprint density at radius 3 is 2.62 bits per heavy atom. The average molecular weight is 379 g/mol. The highest BCUT2D eigenvalue weighted by atomic mass is 32.2. The molecule has 1 saturated heterocycles. The zero-order valence-corrected chi connectivity index (χ0v) is 15.3. The quantitative estimate of drug-likeness (QED) is 0.725. The van der Waals surface area contributed by atoms with Crippen molar-refractivity contribution in [3.63, 3.8) is 0 Å². The van der Waals surface area contributed by atoms with Crippen LogP contribution in [0, 0.1) is 17.2 Å².